The average Bonchev–Trinajstić information content (AvgIpc) is 1.56. The molecular weight excluding hydrogens is 1550 g/mol. The quantitative estimate of drug-likeness (QED) is 0.0442. The number of aliphatic imine (C=N–C) groups is 9. The maximum Gasteiger partial charge on any atom is 0.819 e. The molecule has 0 aliphatic carbocycles. The van der Waals surface area contributed by atoms with Crippen LogP contribution in [0.2, 0.25) is 0 Å². The van der Waals surface area contributed by atoms with E-state index in [4.69, 9.17) is 80.2 Å². The van der Waals surface area contributed by atoms with Gasteiger partial charge in [-0.05, 0) is 42.5 Å². The summed E-state index contributed by atoms with van der Waals surface area (Å²) >= 11 is -7.74. The molecule has 1 N–H and O–H groups in total. The van der Waals surface area contributed by atoms with E-state index in [1.165, 1.54) is 0 Å². The number of nitrogens with zero attached hydrogens (tertiary/aromatic N) is 15. The van der Waals surface area contributed by atoms with Gasteiger partial charge in [0.25, 0.3) is 0 Å². The zero-order chi connectivity index (χ0) is 78.6. The van der Waals surface area contributed by atoms with Crippen molar-refractivity contribution >= 4 is 160 Å². The molecule has 22 rings (SSSR count). The third-order valence-electron chi connectivity index (χ3n) is 20.9. The molecule has 8 bridgehead atoms. The first-order valence-electron chi connectivity index (χ1n) is 38.0. The number of phosphoric acid groups is 2. The fourth-order valence-electron chi connectivity index (χ4n) is 15.6. The Balaban J connectivity index is 0.581. The largest absolute Gasteiger partial charge is 0.819 e. The van der Waals surface area contributed by atoms with Crippen molar-refractivity contribution in [3.63, 3.8) is 0 Å². The second kappa shape index (κ2) is 28.9. The Morgan fingerprint density at radius 3 is 1.28 bits per heavy atom. The van der Waals surface area contributed by atoms with Gasteiger partial charge in [0.05, 0.1) is 13.2 Å². The normalized spacial score (nSPS) is 16.3. The Kier molecular flexibility index (Phi) is 17.3. The van der Waals surface area contributed by atoms with Gasteiger partial charge in [-0.2, -0.15) is 0 Å². The van der Waals surface area contributed by atoms with Crippen LogP contribution < -0.4 is 20.0 Å². The molecule has 0 fully saturated rings. The predicted molar refractivity (Wildman–Crippen MR) is 458 cm³/mol. The zero-order valence-corrected chi connectivity index (χ0v) is 66.1. The first-order chi connectivity index (χ1) is 58.1. The summed E-state index contributed by atoms with van der Waals surface area (Å²) in [7, 11) is -9.63. The molecule has 0 spiro atoms. The lowest BCUT2D eigenvalue weighted by atomic mass is 10.1. The molecule has 0 radical (unpaired) electrons. The summed E-state index contributed by atoms with van der Waals surface area (Å²) < 4.78 is 80.8. The van der Waals surface area contributed by atoms with Crippen molar-refractivity contribution in [2.75, 3.05) is 13.2 Å². The molecular formula is C90H56Al2N16O8P2. The molecule has 118 heavy (non-hydrogen) atoms. The van der Waals surface area contributed by atoms with Gasteiger partial charge in [-0.25, -0.2) is 64.0 Å². The molecule has 2 unspecified atom stereocenters. The Morgan fingerprint density at radius 1 is 0.373 bits per heavy atom. The van der Waals surface area contributed by atoms with Crippen LogP contribution in [0.25, 0.3) is 32.3 Å². The van der Waals surface area contributed by atoms with E-state index in [0.29, 0.717) is 114 Å². The van der Waals surface area contributed by atoms with E-state index in [9.17, 15) is 5.41 Å². The lowest BCUT2D eigenvalue weighted by Gasteiger charge is -2.30. The molecule has 0 amide bonds. The highest BCUT2D eigenvalue weighted by Gasteiger charge is 2.55. The van der Waals surface area contributed by atoms with Crippen LogP contribution in [0.4, 0.5) is 23.3 Å². The molecule has 24 nitrogen and oxygen atoms in total. The minimum Gasteiger partial charge on any atom is -0.406 e. The standard InChI is InChI=1S/C32H16N8.C32H18N8.C26H24O8P2.2Al/c1-2-10-18-17(9-1)25-33-26(18)38-28-21-13-5-6-14-22(21)30(35-28)40-32-24-16-8-7-15-23(24)31(36-32)39-29-20-12-4-3-11-19(20)27(34-29)37-25;33-26-20-11-3-4-12-21(20)28(35-26)37-30-24-15-7-8-16-25(24)32(39-30)40-31-23-14-6-5-13-22(23)29(38-31)36-27-19-10-2-1-9-18(19)17-34-27;27-35(28,33-25-16-3-1-4-17-25)31-20-9-7-12-23-14-11-15-24(22-23)13-8-10-21-32-36(29,30)34-26-18-5-2-6-19-26;;/h1-16H;1-17H,(H-,33,35,37,39,40);1-6,11,14-19,22H,9-10,20-21H2,(H,27,28)(H,29,30);;/q2*-2;;2*+3/p-2/b;36-27-;;;. The summed E-state index contributed by atoms with van der Waals surface area (Å²) in [4.78, 5) is 58.1. The van der Waals surface area contributed by atoms with Gasteiger partial charge in [0.15, 0.2) is 40.8 Å². The molecule has 2 atom stereocenters. The van der Waals surface area contributed by atoms with Gasteiger partial charge in [-0.3, -0.25) is 14.5 Å². The molecule has 14 aromatic rings. The first-order valence-corrected chi connectivity index (χ1v) is 43.9. The number of hydrogen-bond acceptors (Lipinski definition) is 19. The zero-order valence-electron chi connectivity index (χ0n) is 62.0. The van der Waals surface area contributed by atoms with Crippen LogP contribution in [0.15, 0.2) is 334 Å². The number of hydrogen-bond donors (Lipinski definition) is 1. The lowest BCUT2D eigenvalue weighted by molar-refractivity contribution is 0.209. The molecule has 8 aliphatic rings. The SMILES string of the molecule is N=C1c2ccccc2C2=NC3=N/C(=N\c4c5ccccc5c(/N=C5\N=Cc6ccccc65)[n]4[Al]([O]P(=O)(OCCC#Cc4cccc(C#CCCOP(=O)(Oc5ccccc5)[O][Al]5[n]6c7c8ccccc8c6N=C6N=C(N=c8c9ccccc9c([n]85)=NC5=NC(=N7)c7ccccc75)c5ccccc56)c4)Oc4ccccc4)[N]12)c1ccccc13. The smallest absolute Gasteiger partial charge is 0.406 e. The predicted octanol–water partition coefficient (Wildman–Crippen LogP) is 16.5. The summed E-state index contributed by atoms with van der Waals surface area (Å²) in [5, 5.41) is 14.4. The number of fused-ring (bicyclic) bond motifs is 25. The van der Waals surface area contributed by atoms with Crippen molar-refractivity contribution in [3.8, 4) is 35.2 Å². The van der Waals surface area contributed by atoms with Crippen molar-refractivity contribution in [3.05, 3.63) is 357 Å². The van der Waals surface area contributed by atoms with Gasteiger partial charge < -0.3 is 30.7 Å². The molecule has 3 aromatic heterocycles. The minimum atomic E-state index is -4.83. The number of amidine groups is 9. The molecule has 8 aliphatic heterocycles. The number of nitrogens with one attached hydrogen (secondary N) is 1. The van der Waals surface area contributed by atoms with Crippen LogP contribution in [0.5, 0.6) is 11.5 Å². The second-order valence-corrected chi connectivity index (χ2v) is 35.8. The minimum absolute atomic E-state index is 0.0287. The topological polar surface area (TPSA) is 267 Å². The monoisotopic (exact) mass is 1600 g/mol. The number of rotatable bonds is 15. The third kappa shape index (κ3) is 12.4. The summed E-state index contributed by atoms with van der Waals surface area (Å²) in [6.45, 7) is -0.429. The van der Waals surface area contributed by atoms with Crippen LogP contribution in [0, 0.1) is 29.1 Å². The Labute approximate surface area is 682 Å². The Hall–Kier alpha value is -13.8. The van der Waals surface area contributed by atoms with Crippen molar-refractivity contribution in [1.29, 1.82) is 5.41 Å². The molecule has 28 heteroatoms. The Morgan fingerprint density at radius 2 is 0.771 bits per heavy atom. The van der Waals surface area contributed by atoms with Gasteiger partial charge in [0.2, 0.25) is 0 Å². The van der Waals surface area contributed by atoms with Gasteiger partial charge >= 0.3 is 45.5 Å². The first kappa shape index (κ1) is 70.8. The molecule has 11 aromatic carbocycles. The van der Waals surface area contributed by atoms with Crippen molar-refractivity contribution in [2.24, 2.45) is 54.9 Å². The highest BCUT2D eigenvalue weighted by Crippen LogP contribution is 2.55. The van der Waals surface area contributed by atoms with Gasteiger partial charge in [0.1, 0.15) is 57.4 Å². The van der Waals surface area contributed by atoms with E-state index in [0.717, 1.165) is 66.1 Å². The highest BCUT2D eigenvalue weighted by molar-refractivity contribution is 7.50. The van der Waals surface area contributed by atoms with Crippen molar-refractivity contribution in [2.45, 2.75) is 12.8 Å². The third-order valence-corrected chi connectivity index (χ3v) is 30.1. The van der Waals surface area contributed by atoms with Gasteiger partial charge in [0, 0.05) is 118 Å². The van der Waals surface area contributed by atoms with Crippen LogP contribution in [-0.2, 0) is 25.3 Å². The van der Waals surface area contributed by atoms with Crippen molar-refractivity contribution < 1.29 is 34.4 Å². The van der Waals surface area contributed by atoms with E-state index in [2.05, 4.69) is 23.7 Å². The van der Waals surface area contributed by atoms with Crippen LogP contribution >= 0.6 is 15.6 Å². The molecule has 0 saturated carbocycles. The fourth-order valence-corrected chi connectivity index (χ4v) is 25.0. The summed E-state index contributed by atoms with van der Waals surface area (Å²) in [6, 6.07) is 87.1. The molecule has 560 valence electrons. The second-order valence-electron chi connectivity index (χ2n) is 28.1. The van der Waals surface area contributed by atoms with Gasteiger partial charge in [-0.15, -0.1) is 0 Å². The summed E-state index contributed by atoms with van der Waals surface area (Å²) in [5.41, 5.74) is 9.64. The van der Waals surface area contributed by atoms with E-state index in [1.807, 2.05) is 241 Å². The highest BCUT2D eigenvalue weighted by atomic mass is 31.2. The molecule has 0 saturated heterocycles. The van der Waals surface area contributed by atoms with Crippen LogP contribution in [-0.4, -0.2) is 116 Å². The van der Waals surface area contributed by atoms with Crippen molar-refractivity contribution in [1.82, 2.24) is 14.5 Å². The van der Waals surface area contributed by atoms with Crippen LogP contribution in [0.1, 0.15) is 79.6 Å². The summed E-state index contributed by atoms with van der Waals surface area (Å²) in [6.07, 6.45) is 1.91. The van der Waals surface area contributed by atoms with E-state index >= 15 is 9.13 Å². The van der Waals surface area contributed by atoms with E-state index in [1.54, 1.807) is 58.6 Å². The maximum absolute atomic E-state index is 16.4. The molecule has 11 heterocycles. The van der Waals surface area contributed by atoms with E-state index < -0.39 is 45.5 Å². The summed E-state index contributed by atoms with van der Waals surface area (Å²) in [5.74, 6) is 18.3. The average molecular weight is 1610 g/mol. The van der Waals surface area contributed by atoms with E-state index in [-0.39, 0.29) is 43.4 Å². The maximum atomic E-state index is 16.4. The number of phosphoric ester groups is 2. The number of aromatic nitrogens is 3. The number of para-hydroxylation sites is 2. The lowest BCUT2D eigenvalue weighted by Crippen LogP contribution is -2.51. The Bertz CT molecular complexity index is 7280. The van der Waals surface area contributed by atoms with Gasteiger partial charge in [-0.1, -0.05) is 260 Å². The number of benzene rings is 11. The van der Waals surface area contributed by atoms with Crippen LogP contribution in [0.3, 0.4) is 0 Å². The fraction of sp³-hybridized carbons (Fsp3) is 0.0444.